The first-order valence-electron chi connectivity index (χ1n) is 6.50. The van der Waals surface area contributed by atoms with E-state index in [2.05, 4.69) is 51.5 Å². The number of imidazole rings is 1. The molecule has 3 rings (SSSR count). The van der Waals surface area contributed by atoms with Crippen LogP contribution in [-0.4, -0.2) is 21.8 Å². The van der Waals surface area contributed by atoms with Gasteiger partial charge < -0.3 is 14.3 Å². The fourth-order valence-corrected chi connectivity index (χ4v) is 3.58. The summed E-state index contributed by atoms with van der Waals surface area (Å²) in [5.41, 5.74) is 2.19. The first-order valence-corrected chi connectivity index (χ1v) is 7.70. The van der Waals surface area contributed by atoms with Crippen LogP contribution in [0, 0.1) is 4.77 Å². The zero-order valence-electron chi connectivity index (χ0n) is 11.1. The summed E-state index contributed by atoms with van der Waals surface area (Å²) in [4.78, 5) is 3.30. The Bertz CT molecular complexity index is 674. The van der Waals surface area contributed by atoms with E-state index in [0.29, 0.717) is 6.04 Å². The molecule has 2 heterocycles. The molecule has 0 radical (unpaired) electrons. The number of aromatic nitrogens is 2. The minimum absolute atomic E-state index is 0.0761. The molecule has 0 amide bonds. The highest BCUT2D eigenvalue weighted by Crippen LogP contribution is 2.34. The van der Waals surface area contributed by atoms with E-state index in [1.165, 1.54) is 5.52 Å². The lowest BCUT2D eigenvalue weighted by molar-refractivity contribution is -0.0687. The third kappa shape index (κ3) is 2.51. The number of ether oxygens (including phenoxy) is 1. The lowest BCUT2D eigenvalue weighted by Gasteiger charge is -2.36. The molecule has 5 heteroatoms. The Morgan fingerprint density at radius 3 is 3.00 bits per heavy atom. The van der Waals surface area contributed by atoms with Gasteiger partial charge >= 0.3 is 0 Å². The maximum absolute atomic E-state index is 5.80. The molecule has 0 spiro atoms. The van der Waals surface area contributed by atoms with Gasteiger partial charge in [0.2, 0.25) is 0 Å². The minimum atomic E-state index is -0.0761. The van der Waals surface area contributed by atoms with E-state index in [-0.39, 0.29) is 5.60 Å². The standard InChI is InChI=1S/C14H17BrN2OS/c1-14(2)8-10(5-6-18-14)17-12-7-9(15)3-4-11(12)16-13(17)19/h3-4,7,10H,5-6,8H2,1-2H3,(H,16,19). The number of halogens is 1. The second-order valence-electron chi connectivity index (χ2n) is 5.72. The maximum Gasteiger partial charge on any atom is 0.178 e. The summed E-state index contributed by atoms with van der Waals surface area (Å²) in [7, 11) is 0. The summed E-state index contributed by atoms with van der Waals surface area (Å²) in [6.07, 6.45) is 2.00. The van der Waals surface area contributed by atoms with Crippen LogP contribution in [-0.2, 0) is 4.74 Å². The predicted octanol–water partition coefficient (Wildman–Crippen LogP) is 4.59. The number of aromatic amines is 1. The van der Waals surface area contributed by atoms with Crippen molar-refractivity contribution in [1.82, 2.24) is 9.55 Å². The van der Waals surface area contributed by atoms with Crippen molar-refractivity contribution in [2.24, 2.45) is 0 Å². The molecule has 19 heavy (non-hydrogen) atoms. The van der Waals surface area contributed by atoms with Gasteiger partial charge in [-0.2, -0.15) is 0 Å². The maximum atomic E-state index is 5.80. The molecule has 1 aliphatic heterocycles. The molecule has 0 aliphatic carbocycles. The molecule has 1 aliphatic rings. The molecule has 1 saturated heterocycles. The molecular formula is C14H17BrN2OS. The van der Waals surface area contributed by atoms with Gasteiger partial charge in [0.1, 0.15) is 0 Å². The first-order chi connectivity index (χ1) is 8.96. The summed E-state index contributed by atoms with van der Waals surface area (Å²) in [6.45, 7) is 5.08. The Balaban J connectivity index is 2.11. The fourth-order valence-electron chi connectivity index (χ4n) is 2.88. The second-order valence-corrected chi connectivity index (χ2v) is 7.02. The Hall–Kier alpha value is -0.650. The molecule has 1 fully saturated rings. The van der Waals surface area contributed by atoms with Crippen LogP contribution in [0.3, 0.4) is 0 Å². The molecule has 3 nitrogen and oxygen atoms in total. The first kappa shape index (κ1) is 13.3. The van der Waals surface area contributed by atoms with Crippen molar-refractivity contribution in [3.63, 3.8) is 0 Å². The molecule has 1 unspecified atom stereocenters. The third-order valence-corrected chi connectivity index (χ3v) is 4.51. The Morgan fingerprint density at radius 2 is 2.26 bits per heavy atom. The summed E-state index contributed by atoms with van der Waals surface area (Å²) in [5.74, 6) is 0. The molecule has 0 bridgehead atoms. The van der Waals surface area contributed by atoms with Crippen LogP contribution in [0.2, 0.25) is 0 Å². The molecular weight excluding hydrogens is 324 g/mol. The van der Waals surface area contributed by atoms with Crippen molar-refractivity contribution in [2.45, 2.75) is 38.3 Å². The number of hydrogen-bond donors (Lipinski definition) is 1. The quantitative estimate of drug-likeness (QED) is 0.769. The number of nitrogens with zero attached hydrogens (tertiary/aromatic N) is 1. The molecule has 1 atom stereocenters. The van der Waals surface area contributed by atoms with E-state index in [1.807, 2.05) is 6.07 Å². The molecule has 0 saturated carbocycles. The van der Waals surface area contributed by atoms with Crippen LogP contribution in [0.5, 0.6) is 0 Å². The number of fused-ring (bicyclic) bond motifs is 1. The van der Waals surface area contributed by atoms with E-state index in [4.69, 9.17) is 17.0 Å². The largest absolute Gasteiger partial charge is 0.375 e. The smallest absolute Gasteiger partial charge is 0.178 e. The topological polar surface area (TPSA) is 29.9 Å². The highest BCUT2D eigenvalue weighted by molar-refractivity contribution is 9.10. The van der Waals surface area contributed by atoms with Crippen LogP contribution in [0.4, 0.5) is 0 Å². The number of hydrogen-bond acceptors (Lipinski definition) is 2. The van der Waals surface area contributed by atoms with Gasteiger partial charge in [-0.25, -0.2) is 0 Å². The highest BCUT2D eigenvalue weighted by atomic mass is 79.9. The number of rotatable bonds is 1. The SMILES string of the molecule is CC1(C)CC(n2c(=S)[nH]c3ccc(Br)cc32)CCO1. The number of H-pyrrole nitrogens is 1. The lowest BCUT2D eigenvalue weighted by Crippen LogP contribution is -2.35. The molecule has 1 aromatic heterocycles. The molecule has 1 N–H and O–H groups in total. The summed E-state index contributed by atoms with van der Waals surface area (Å²) in [6, 6.07) is 6.63. The second kappa shape index (κ2) is 4.72. The third-order valence-electron chi connectivity index (χ3n) is 3.72. The van der Waals surface area contributed by atoms with Crippen LogP contribution < -0.4 is 0 Å². The van der Waals surface area contributed by atoms with E-state index in [0.717, 1.165) is 34.2 Å². The zero-order chi connectivity index (χ0) is 13.6. The van der Waals surface area contributed by atoms with Gasteiger partial charge in [-0.15, -0.1) is 0 Å². The minimum Gasteiger partial charge on any atom is -0.375 e. The van der Waals surface area contributed by atoms with E-state index < -0.39 is 0 Å². The van der Waals surface area contributed by atoms with Crippen molar-refractivity contribution in [3.05, 3.63) is 27.4 Å². The van der Waals surface area contributed by atoms with Crippen molar-refractivity contribution >= 4 is 39.2 Å². The van der Waals surface area contributed by atoms with Crippen LogP contribution in [0.25, 0.3) is 11.0 Å². The van der Waals surface area contributed by atoms with E-state index >= 15 is 0 Å². The van der Waals surface area contributed by atoms with Gasteiger partial charge in [-0.05, 0) is 57.1 Å². The van der Waals surface area contributed by atoms with Crippen molar-refractivity contribution in [2.75, 3.05) is 6.61 Å². The predicted molar refractivity (Wildman–Crippen MR) is 83.1 cm³/mol. The Labute approximate surface area is 126 Å². The zero-order valence-corrected chi connectivity index (χ0v) is 13.5. The Morgan fingerprint density at radius 1 is 1.47 bits per heavy atom. The van der Waals surface area contributed by atoms with Crippen LogP contribution in [0.15, 0.2) is 22.7 Å². The lowest BCUT2D eigenvalue weighted by atomic mass is 9.93. The van der Waals surface area contributed by atoms with Crippen molar-refractivity contribution in [3.8, 4) is 0 Å². The molecule has 2 aromatic rings. The summed E-state index contributed by atoms with van der Waals surface area (Å²) < 4.78 is 9.93. The number of benzene rings is 1. The Kier molecular flexibility index (Phi) is 3.31. The summed E-state index contributed by atoms with van der Waals surface area (Å²) >= 11 is 9.04. The van der Waals surface area contributed by atoms with Crippen molar-refractivity contribution in [1.29, 1.82) is 0 Å². The fraction of sp³-hybridized carbons (Fsp3) is 0.500. The molecule has 102 valence electrons. The highest BCUT2D eigenvalue weighted by Gasteiger charge is 2.30. The van der Waals surface area contributed by atoms with Gasteiger partial charge in [0, 0.05) is 17.1 Å². The van der Waals surface area contributed by atoms with Gasteiger partial charge in [0.15, 0.2) is 4.77 Å². The average Bonchev–Trinajstić information content (AvgIpc) is 2.63. The number of nitrogens with one attached hydrogen (secondary N) is 1. The van der Waals surface area contributed by atoms with Gasteiger partial charge in [0.05, 0.1) is 16.6 Å². The van der Waals surface area contributed by atoms with Gasteiger partial charge in [-0.3, -0.25) is 0 Å². The van der Waals surface area contributed by atoms with E-state index in [1.54, 1.807) is 0 Å². The van der Waals surface area contributed by atoms with Crippen LogP contribution >= 0.6 is 28.1 Å². The average molecular weight is 341 g/mol. The van der Waals surface area contributed by atoms with Gasteiger partial charge in [-0.1, -0.05) is 15.9 Å². The summed E-state index contributed by atoms with van der Waals surface area (Å²) in [5, 5.41) is 0. The van der Waals surface area contributed by atoms with Crippen molar-refractivity contribution < 1.29 is 4.74 Å². The van der Waals surface area contributed by atoms with E-state index in [9.17, 15) is 0 Å². The van der Waals surface area contributed by atoms with Crippen LogP contribution in [0.1, 0.15) is 32.7 Å². The normalized spacial score (nSPS) is 22.8. The van der Waals surface area contributed by atoms with Gasteiger partial charge in [0.25, 0.3) is 0 Å². The monoisotopic (exact) mass is 340 g/mol. The molecule has 1 aromatic carbocycles.